The lowest BCUT2D eigenvalue weighted by atomic mass is 10.2. The normalized spacial score (nSPS) is 19.0. The number of nitrogen functional groups attached to an aromatic ring is 1. The number of rotatable bonds is 3. The van der Waals surface area contributed by atoms with Crippen LogP contribution in [-0.4, -0.2) is 30.1 Å². The highest BCUT2D eigenvalue weighted by Crippen LogP contribution is 2.26. The van der Waals surface area contributed by atoms with E-state index in [0.29, 0.717) is 12.3 Å². The van der Waals surface area contributed by atoms with Gasteiger partial charge in [-0.05, 0) is 38.8 Å². The first-order valence-electron chi connectivity index (χ1n) is 6.30. The van der Waals surface area contributed by atoms with E-state index in [4.69, 9.17) is 10.5 Å². The van der Waals surface area contributed by atoms with Gasteiger partial charge in [0.15, 0.2) is 0 Å². The molecule has 0 spiro atoms. The van der Waals surface area contributed by atoms with E-state index in [1.165, 1.54) is 0 Å². The van der Waals surface area contributed by atoms with E-state index in [1.807, 2.05) is 30.9 Å². The number of aryl methyl sites for hydroxylation is 1. The third kappa shape index (κ3) is 2.39. The molecule has 0 amide bonds. The van der Waals surface area contributed by atoms with Crippen LogP contribution in [0.2, 0.25) is 0 Å². The van der Waals surface area contributed by atoms with Crippen LogP contribution in [0.15, 0.2) is 12.1 Å². The molecule has 5 heteroatoms. The fraction of sp³-hybridized carbons (Fsp3) is 0.538. The molecule has 1 fully saturated rings. The molecule has 1 unspecified atom stereocenters. The summed E-state index contributed by atoms with van der Waals surface area (Å²) in [5.74, 6) is 0.642. The van der Waals surface area contributed by atoms with Gasteiger partial charge in [-0.25, -0.2) is 9.78 Å². The quantitative estimate of drug-likeness (QED) is 0.822. The van der Waals surface area contributed by atoms with Crippen LogP contribution < -0.4 is 10.6 Å². The maximum atomic E-state index is 11.9. The number of nitrogens with zero attached hydrogens (tertiary/aromatic N) is 2. The van der Waals surface area contributed by atoms with Gasteiger partial charge in [-0.15, -0.1) is 0 Å². The summed E-state index contributed by atoms with van der Waals surface area (Å²) >= 11 is 0. The van der Waals surface area contributed by atoms with E-state index in [1.54, 1.807) is 0 Å². The van der Waals surface area contributed by atoms with E-state index in [2.05, 4.69) is 4.98 Å². The van der Waals surface area contributed by atoms with E-state index in [0.717, 1.165) is 30.9 Å². The number of carbonyl (C=O) groups excluding carboxylic acids is 1. The van der Waals surface area contributed by atoms with E-state index >= 15 is 0 Å². The smallest absolute Gasteiger partial charge is 0.328 e. The zero-order chi connectivity index (χ0) is 13.1. The molecule has 1 aliphatic heterocycles. The Kier molecular flexibility index (Phi) is 3.69. The summed E-state index contributed by atoms with van der Waals surface area (Å²) in [4.78, 5) is 18.3. The molecule has 1 saturated heterocycles. The monoisotopic (exact) mass is 249 g/mol. The lowest BCUT2D eigenvalue weighted by molar-refractivity contribution is -0.144. The van der Waals surface area contributed by atoms with Crippen molar-refractivity contribution in [3.63, 3.8) is 0 Å². The first-order valence-corrected chi connectivity index (χ1v) is 6.30. The molecule has 1 aromatic heterocycles. The summed E-state index contributed by atoms with van der Waals surface area (Å²) in [5, 5.41) is 0. The van der Waals surface area contributed by atoms with Crippen LogP contribution in [0.3, 0.4) is 0 Å². The lowest BCUT2D eigenvalue weighted by Crippen LogP contribution is -2.37. The fourth-order valence-corrected chi connectivity index (χ4v) is 2.24. The standard InChI is InChI=1S/C13H19N3O2/c1-3-18-13(17)11-5-4-8-16(11)12-7-6-10(14)9(2)15-12/h6-7,11H,3-5,8,14H2,1-2H3. The molecule has 2 rings (SSSR count). The number of carbonyl (C=O) groups is 1. The topological polar surface area (TPSA) is 68.5 Å². The number of hydrogen-bond donors (Lipinski definition) is 1. The molecule has 98 valence electrons. The van der Waals surface area contributed by atoms with Crippen LogP contribution in [0, 0.1) is 6.92 Å². The van der Waals surface area contributed by atoms with Crippen molar-refractivity contribution in [2.75, 3.05) is 23.8 Å². The molecule has 18 heavy (non-hydrogen) atoms. The van der Waals surface area contributed by atoms with Crippen molar-refractivity contribution in [3.05, 3.63) is 17.8 Å². The Morgan fingerprint density at radius 2 is 2.39 bits per heavy atom. The zero-order valence-corrected chi connectivity index (χ0v) is 10.8. The summed E-state index contributed by atoms with van der Waals surface area (Å²) in [6.07, 6.45) is 1.80. The van der Waals surface area contributed by atoms with Crippen LogP contribution in [-0.2, 0) is 9.53 Å². The van der Waals surface area contributed by atoms with Crippen molar-refractivity contribution in [2.24, 2.45) is 0 Å². The van der Waals surface area contributed by atoms with Gasteiger partial charge in [-0.2, -0.15) is 0 Å². The molecule has 0 saturated carbocycles. The zero-order valence-electron chi connectivity index (χ0n) is 10.8. The second-order valence-corrected chi connectivity index (χ2v) is 4.45. The van der Waals surface area contributed by atoms with Crippen molar-refractivity contribution in [1.82, 2.24) is 4.98 Å². The van der Waals surface area contributed by atoms with Gasteiger partial charge in [0, 0.05) is 6.54 Å². The van der Waals surface area contributed by atoms with Crippen molar-refractivity contribution in [2.45, 2.75) is 32.7 Å². The predicted molar refractivity (Wildman–Crippen MR) is 70.4 cm³/mol. The summed E-state index contributed by atoms with van der Waals surface area (Å²) in [7, 11) is 0. The summed E-state index contributed by atoms with van der Waals surface area (Å²) in [6.45, 7) is 4.94. The number of nitrogens with two attached hydrogens (primary N) is 1. The average molecular weight is 249 g/mol. The Balaban J connectivity index is 2.20. The van der Waals surface area contributed by atoms with Gasteiger partial charge >= 0.3 is 5.97 Å². The minimum Gasteiger partial charge on any atom is -0.464 e. The number of ether oxygens (including phenoxy) is 1. The average Bonchev–Trinajstić information content (AvgIpc) is 2.82. The highest BCUT2D eigenvalue weighted by atomic mass is 16.5. The van der Waals surface area contributed by atoms with Crippen LogP contribution in [0.1, 0.15) is 25.5 Å². The molecular weight excluding hydrogens is 230 g/mol. The summed E-state index contributed by atoms with van der Waals surface area (Å²) in [6, 6.07) is 3.48. The second kappa shape index (κ2) is 5.25. The van der Waals surface area contributed by atoms with Crippen LogP contribution >= 0.6 is 0 Å². The molecule has 1 aromatic rings. The predicted octanol–water partition coefficient (Wildman–Crippen LogP) is 1.50. The molecule has 2 heterocycles. The molecule has 2 N–H and O–H groups in total. The van der Waals surface area contributed by atoms with Crippen molar-refractivity contribution < 1.29 is 9.53 Å². The van der Waals surface area contributed by atoms with E-state index < -0.39 is 0 Å². The van der Waals surface area contributed by atoms with Crippen LogP contribution in [0.25, 0.3) is 0 Å². The Bertz CT molecular complexity index is 448. The van der Waals surface area contributed by atoms with Gasteiger partial charge in [0.25, 0.3) is 0 Å². The number of hydrogen-bond acceptors (Lipinski definition) is 5. The number of pyridine rings is 1. The largest absolute Gasteiger partial charge is 0.464 e. The maximum Gasteiger partial charge on any atom is 0.328 e. The first kappa shape index (κ1) is 12.7. The summed E-state index contributed by atoms with van der Waals surface area (Å²) in [5.41, 5.74) is 7.22. The van der Waals surface area contributed by atoms with Gasteiger partial charge in [-0.3, -0.25) is 0 Å². The summed E-state index contributed by atoms with van der Waals surface area (Å²) < 4.78 is 5.10. The van der Waals surface area contributed by atoms with Gasteiger partial charge in [0.2, 0.25) is 0 Å². The second-order valence-electron chi connectivity index (χ2n) is 4.45. The highest BCUT2D eigenvalue weighted by molar-refractivity contribution is 5.80. The van der Waals surface area contributed by atoms with E-state index in [9.17, 15) is 4.79 Å². The molecule has 1 aliphatic rings. The Morgan fingerprint density at radius 3 is 3.06 bits per heavy atom. The Labute approximate surface area is 107 Å². The third-order valence-corrected chi connectivity index (χ3v) is 3.22. The van der Waals surface area contributed by atoms with Crippen LogP contribution in [0.4, 0.5) is 11.5 Å². The Hall–Kier alpha value is -1.78. The number of aromatic nitrogens is 1. The van der Waals surface area contributed by atoms with Crippen molar-refractivity contribution >= 4 is 17.5 Å². The molecular formula is C13H19N3O2. The highest BCUT2D eigenvalue weighted by Gasteiger charge is 2.32. The third-order valence-electron chi connectivity index (χ3n) is 3.22. The molecule has 1 atom stereocenters. The lowest BCUT2D eigenvalue weighted by Gasteiger charge is -2.24. The molecule has 0 bridgehead atoms. The maximum absolute atomic E-state index is 11.9. The fourth-order valence-electron chi connectivity index (χ4n) is 2.24. The molecule has 5 nitrogen and oxygen atoms in total. The van der Waals surface area contributed by atoms with Gasteiger partial charge in [0.1, 0.15) is 11.9 Å². The first-order chi connectivity index (χ1) is 8.63. The van der Waals surface area contributed by atoms with Crippen LogP contribution in [0.5, 0.6) is 0 Å². The van der Waals surface area contributed by atoms with Gasteiger partial charge in [-0.1, -0.05) is 0 Å². The molecule has 0 radical (unpaired) electrons. The Morgan fingerprint density at radius 1 is 1.61 bits per heavy atom. The van der Waals surface area contributed by atoms with Gasteiger partial charge in [0.05, 0.1) is 18.0 Å². The number of esters is 1. The van der Waals surface area contributed by atoms with Gasteiger partial charge < -0.3 is 15.4 Å². The molecule has 0 aliphatic carbocycles. The molecule has 0 aromatic carbocycles. The minimum atomic E-state index is -0.208. The number of anilines is 2. The minimum absolute atomic E-state index is 0.161. The van der Waals surface area contributed by atoms with Crippen molar-refractivity contribution in [3.8, 4) is 0 Å². The SMILES string of the molecule is CCOC(=O)C1CCCN1c1ccc(N)c(C)n1. The van der Waals surface area contributed by atoms with Crippen molar-refractivity contribution in [1.29, 1.82) is 0 Å². The van der Waals surface area contributed by atoms with E-state index in [-0.39, 0.29) is 12.0 Å².